The van der Waals surface area contributed by atoms with Crippen LogP contribution in [0.1, 0.15) is 31.9 Å². The van der Waals surface area contributed by atoms with Gasteiger partial charge in [-0.3, -0.25) is 4.79 Å². The Morgan fingerprint density at radius 3 is 2.33 bits per heavy atom. The van der Waals surface area contributed by atoms with Crippen LogP contribution in [0, 0.1) is 0 Å². The highest BCUT2D eigenvalue weighted by atomic mass is 16.5. The van der Waals surface area contributed by atoms with Gasteiger partial charge in [-0.25, -0.2) is 4.79 Å². The molecule has 21 heavy (non-hydrogen) atoms. The predicted octanol–water partition coefficient (Wildman–Crippen LogP) is 1.75. The minimum atomic E-state index is -1.11. The number of carboxylic acids is 1. The summed E-state index contributed by atoms with van der Waals surface area (Å²) in [6.45, 7) is 4.00. The molecule has 1 unspecified atom stereocenters. The third-order valence-electron chi connectivity index (χ3n) is 2.78. The molecule has 0 saturated heterocycles. The van der Waals surface area contributed by atoms with Crippen molar-refractivity contribution in [1.82, 2.24) is 5.32 Å². The maximum Gasteiger partial charge on any atom is 0.330 e. The fourth-order valence-electron chi connectivity index (χ4n) is 1.70. The fraction of sp³-hybridized carbons (Fsp3) is 0.467. The molecule has 6 heteroatoms. The van der Waals surface area contributed by atoms with Gasteiger partial charge < -0.3 is 19.9 Å². The Hall–Kier alpha value is -2.08. The van der Waals surface area contributed by atoms with Gasteiger partial charge in [-0.05, 0) is 31.5 Å². The minimum absolute atomic E-state index is 0.0367. The van der Waals surface area contributed by atoms with E-state index in [4.69, 9.17) is 9.47 Å². The van der Waals surface area contributed by atoms with E-state index in [0.717, 1.165) is 0 Å². The van der Waals surface area contributed by atoms with Gasteiger partial charge in [0.1, 0.15) is 5.75 Å². The van der Waals surface area contributed by atoms with Gasteiger partial charge in [-0.2, -0.15) is 0 Å². The van der Waals surface area contributed by atoms with Crippen molar-refractivity contribution in [1.29, 1.82) is 0 Å². The van der Waals surface area contributed by atoms with Crippen LogP contribution in [0.25, 0.3) is 0 Å². The van der Waals surface area contributed by atoms with Gasteiger partial charge in [-0.1, -0.05) is 12.1 Å². The molecule has 0 aliphatic rings. The summed E-state index contributed by atoms with van der Waals surface area (Å²) < 4.78 is 10.3. The molecule has 1 atom stereocenters. The molecule has 0 bridgehead atoms. The van der Waals surface area contributed by atoms with Crippen molar-refractivity contribution in [2.45, 2.75) is 32.4 Å². The Morgan fingerprint density at radius 2 is 1.86 bits per heavy atom. The molecular weight excluding hydrogens is 274 g/mol. The second-order valence-electron chi connectivity index (χ2n) is 4.78. The highest BCUT2D eigenvalue weighted by Gasteiger charge is 2.21. The average Bonchev–Trinajstić information content (AvgIpc) is 2.44. The second kappa shape index (κ2) is 8.26. The van der Waals surface area contributed by atoms with Crippen molar-refractivity contribution in [3.63, 3.8) is 0 Å². The molecule has 1 rings (SSSR count). The van der Waals surface area contributed by atoms with Crippen LogP contribution in [0.4, 0.5) is 0 Å². The molecule has 116 valence electrons. The largest absolute Gasteiger partial charge is 0.497 e. The van der Waals surface area contributed by atoms with E-state index in [1.165, 1.54) is 7.11 Å². The maximum atomic E-state index is 11.8. The highest BCUT2D eigenvalue weighted by molar-refractivity contribution is 5.84. The molecule has 0 spiro atoms. The zero-order valence-electron chi connectivity index (χ0n) is 12.5. The van der Waals surface area contributed by atoms with Gasteiger partial charge >= 0.3 is 5.97 Å². The summed E-state index contributed by atoms with van der Waals surface area (Å²) in [6.07, 6.45) is 0.160. The number of aliphatic carboxylic acids is 1. The second-order valence-corrected chi connectivity index (χ2v) is 4.78. The Morgan fingerprint density at radius 1 is 1.24 bits per heavy atom. The van der Waals surface area contributed by atoms with Crippen molar-refractivity contribution >= 4 is 11.9 Å². The predicted molar refractivity (Wildman–Crippen MR) is 77.2 cm³/mol. The molecule has 0 radical (unpaired) electrons. The number of carbonyl (C=O) groups excluding carboxylic acids is 1. The van der Waals surface area contributed by atoms with Gasteiger partial charge in [-0.15, -0.1) is 0 Å². The summed E-state index contributed by atoms with van der Waals surface area (Å²) in [6, 6.07) is 5.45. The lowest BCUT2D eigenvalue weighted by Crippen LogP contribution is -2.34. The molecule has 1 aromatic rings. The molecule has 0 aliphatic heterocycles. The van der Waals surface area contributed by atoms with E-state index < -0.39 is 12.0 Å². The van der Waals surface area contributed by atoms with Gasteiger partial charge in [0.25, 0.3) is 0 Å². The number of carbonyl (C=O) groups is 2. The molecule has 2 N–H and O–H groups in total. The number of nitrogens with one attached hydrogen (secondary N) is 1. The first-order chi connectivity index (χ1) is 9.93. The lowest BCUT2D eigenvalue weighted by Gasteiger charge is -2.15. The Bertz CT molecular complexity index is 469. The Kier molecular flexibility index (Phi) is 6.68. The van der Waals surface area contributed by atoms with E-state index in [0.29, 0.717) is 11.3 Å². The number of hydrogen-bond donors (Lipinski definition) is 2. The minimum Gasteiger partial charge on any atom is -0.497 e. The molecule has 0 aromatic heterocycles. The van der Waals surface area contributed by atoms with Crippen LogP contribution in [-0.4, -0.2) is 36.8 Å². The van der Waals surface area contributed by atoms with Gasteiger partial charge in [0, 0.05) is 0 Å². The van der Waals surface area contributed by atoms with Crippen molar-refractivity contribution in [2.75, 3.05) is 13.7 Å². The number of hydrogen-bond acceptors (Lipinski definition) is 4. The normalized spacial score (nSPS) is 12.0. The summed E-state index contributed by atoms with van der Waals surface area (Å²) in [5.74, 6) is -0.850. The van der Waals surface area contributed by atoms with Crippen LogP contribution in [0.15, 0.2) is 24.3 Å². The van der Waals surface area contributed by atoms with E-state index in [-0.39, 0.29) is 25.0 Å². The van der Waals surface area contributed by atoms with Crippen LogP contribution >= 0.6 is 0 Å². The third-order valence-corrected chi connectivity index (χ3v) is 2.78. The van der Waals surface area contributed by atoms with Gasteiger partial charge in [0.2, 0.25) is 5.91 Å². The summed E-state index contributed by atoms with van der Waals surface area (Å²) in [5, 5.41) is 11.7. The van der Waals surface area contributed by atoms with E-state index >= 15 is 0 Å². The van der Waals surface area contributed by atoms with Gasteiger partial charge in [0.05, 0.1) is 26.2 Å². The molecule has 0 heterocycles. The van der Waals surface area contributed by atoms with Crippen molar-refractivity contribution in [3.8, 4) is 5.75 Å². The van der Waals surface area contributed by atoms with E-state index in [9.17, 15) is 14.7 Å². The monoisotopic (exact) mass is 295 g/mol. The van der Waals surface area contributed by atoms with Crippen LogP contribution in [0.5, 0.6) is 5.75 Å². The average molecular weight is 295 g/mol. The van der Waals surface area contributed by atoms with Crippen molar-refractivity contribution < 1.29 is 24.2 Å². The quantitative estimate of drug-likeness (QED) is 0.763. The van der Waals surface area contributed by atoms with Crippen molar-refractivity contribution in [2.24, 2.45) is 0 Å². The van der Waals surface area contributed by atoms with E-state index in [1.807, 2.05) is 13.8 Å². The molecule has 0 fully saturated rings. The van der Waals surface area contributed by atoms with Crippen LogP contribution in [0.2, 0.25) is 0 Å². The first kappa shape index (κ1) is 17.0. The number of ether oxygens (including phenoxy) is 2. The Labute approximate surface area is 124 Å². The topological polar surface area (TPSA) is 84.9 Å². The number of amides is 1. The Balaban J connectivity index is 2.64. The SMILES string of the molecule is COc1ccc(C(NC(=O)CCOC(C)C)C(=O)O)cc1. The number of methoxy groups -OCH3 is 1. The van der Waals surface area contributed by atoms with Crippen LogP contribution < -0.4 is 10.1 Å². The standard InChI is InChI=1S/C15H21NO5/c1-10(2)21-9-8-13(17)16-14(15(18)19)11-4-6-12(20-3)7-5-11/h4-7,10,14H,8-9H2,1-3H3,(H,16,17)(H,18,19). The zero-order valence-corrected chi connectivity index (χ0v) is 12.5. The number of carboxylic acid groups (broad SMARTS) is 1. The molecule has 1 amide bonds. The van der Waals surface area contributed by atoms with Crippen molar-refractivity contribution in [3.05, 3.63) is 29.8 Å². The maximum absolute atomic E-state index is 11.8. The molecular formula is C15H21NO5. The first-order valence-corrected chi connectivity index (χ1v) is 6.71. The summed E-state index contributed by atoms with van der Waals surface area (Å²) in [5.41, 5.74) is 0.487. The third kappa shape index (κ3) is 5.83. The lowest BCUT2D eigenvalue weighted by molar-refractivity contribution is -0.142. The molecule has 0 saturated carbocycles. The first-order valence-electron chi connectivity index (χ1n) is 6.71. The van der Waals surface area contributed by atoms with E-state index in [1.54, 1.807) is 24.3 Å². The summed E-state index contributed by atoms with van der Waals surface area (Å²) in [4.78, 5) is 23.1. The summed E-state index contributed by atoms with van der Waals surface area (Å²) >= 11 is 0. The fourth-order valence-corrected chi connectivity index (χ4v) is 1.70. The smallest absolute Gasteiger partial charge is 0.330 e. The van der Waals surface area contributed by atoms with Gasteiger partial charge in [0.15, 0.2) is 6.04 Å². The number of benzene rings is 1. The molecule has 0 aliphatic carbocycles. The van der Waals surface area contributed by atoms with Crippen LogP contribution in [0.3, 0.4) is 0 Å². The molecule has 1 aromatic carbocycles. The van der Waals surface area contributed by atoms with E-state index in [2.05, 4.69) is 5.32 Å². The van der Waals surface area contributed by atoms with Crippen LogP contribution in [-0.2, 0) is 14.3 Å². The summed E-state index contributed by atoms with van der Waals surface area (Å²) in [7, 11) is 1.53. The zero-order chi connectivity index (χ0) is 15.8. The number of rotatable bonds is 8. The molecule has 6 nitrogen and oxygen atoms in total. The highest BCUT2D eigenvalue weighted by Crippen LogP contribution is 2.18. The lowest BCUT2D eigenvalue weighted by atomic mass is 10.1.